The molecule has 0 aliphatic carbocycles. The van der Waals surface area contributed by atoms with Crippen LogP contribution in [0, 0.1) is 6.92 Å². The van der Waals surface area contributed by atoms with Crippen molar-refractivity contribution >= 4 is 34.8 Å². The summed E-state index contributed by atoms with van der Waals surface area (Å²) in [6, 6.07) is 17.0. The fourth-order valence-electron chi connectivity index (χ4n) is 2.33. The molecule has 0 fully saturated rings. The van der Waals surface area contributed by atoms with Crippen molar-refractivity contribution in [3.05, 3.63) is 65.2 Å². The van der Waals surface area contributed by atoms with Gasteiger partial charge in [0.15, 0.2) is 5.11 Å². The average molecular weight is 359 g/mol. The first-order valence-electron chi connectivity index (χ1n) is 8.45. The number of thiocarbonyl (C=S) groups is 1. The van der Waals surface area contributed by atoms with E-state index in [1.165, 1.54) is 16.7 Å². The van der Waals surface area contributed by atoms with Gasteiger partial charge < -0.3 is 10.6 Å². The summed E-state index contributed by atoms with van der Waals surface area (Å²) in [7, 11) is 0. The van der Waals surface area contributed by atoms with Crippen LogP contribution in [0.5, 0.6) is 0 Å². The zero-order chi connectivity index (χ0) is 17.2. The summed E-state index contributed by atoms with van der Waals surface area (Å²) in [5.41, 5.74) is 5.19. The Bertz CT molecular complexity index is 638. The zero-order valence-corrected chi connectivity index (χ0v) is 16.1. The van der Waals surface area contributed by atoms with E-state index in [0.717, 1.165) is 36.6 Å². The normalized spacial score (nSPS) is 10.4. The predicted octanol–water partition coefficient (Wildman–Crippen LogP) is 5.17. The molecule has 0 atom stereocenters. The van der Waals surface area contributed by atoms with Crippen LogP contribution in [0.1, 0.15) is 30.0 Å². The molecule has 2 N–H and O–H groups in total. The molecule has 2 rings (SSSR count). The highest BCUT2D eigenvalue weighted by Crippen LogP contribution is 2.16. The van der Waals surface area contributed by atoms with Crippen LogP contribution in [-0.4, -0.2) is 17.4 Å². The lowest BCUT2D eigenvalue weighted by atomic mass is 10.1. The molecule has 128 valence electrons. The van der Waals surface area contributed by atoms with E-state index in [2.05, 4.69) is 73.0 Å². The van der Waals surface area contributed by atoms with Crippen LogP contribution in [-0.2, 0) is 12.2 Å². The van der Waals surface area contributed by atoms with Gasteiger partial charge in [0, 0.05) is 18.0 Å². The van der Waals surface area contributed by atoms with Gasteiger partial charge in [0.1, 0.15) is 0 Å². The average Bonchev–Trinajstić information content (AvgIpc) is 2.60. The molecule has 0 aliphatic heterocycles. The maximum atomic E-state index is 5.34. The van der Waals surface area contributed by atoms with E-state index >= 15 is 0 Å². The number of hydrogen-bond donors (Lipinski definition) is 2. The van der Waals surface area contributed by atoms with Crippen LogP contribution in [0.2, 0.25) is 0 Å². The lowest BCUT2D eigenvalue weighted by molar-refractivity contribution is 0.854. The molecule has 0 unspecified atom stereocenters. The Balaban J connectivity index is 1.58. The molecule has 0 heterocycles. The maximum Gasteiger partial charge on any atom is 0.170 e. The summed E-state index contributed by atoms with van der Waals surface area (Å²) in [4.78, 5) is 0. The third-order valence-electron chi connectivity index (χ3n) is 3.89. The van der Waals surface area contributed by atoms with Crippen molar-refractivity contribution in [3.63, 3.8) is 0 Å². The number of rotatable bonds is 8. The van der Waals surface area contributed by atoms with E-state index in [1.807, 2.05) is 11.8 Å². The quantitative estimate of drug-likeness (QED) is 0.502. The first-order valence-corrected chi connectivity index (χ1v) is 10.0. The number of hydrogen-bond acceptors (Lipinski definition) is 2. The minimum Gasteiger partial charge on any atom is -0.362 e. The third-order valence-corrected chi connectivity index (χ3v) is 5.23. The molecule has 0 spiro atoms. The van der Waals surface area contributed by atoms with Crippen molar-refractivity contribution in [2.45, 2.75) is 32.4 Å². The van der Waals surface area contributed by atoms with Crippen molar-refractivity contribution in [2.24, 2.45) is 0 Å². The summed E-state index contributed by atoms with van der Waals surface area (Å²) >= 11 is 7.32. The minimum atomic E-state index is 0.697. The number of benzene rings is 2. The summed E-state index contributed by atoms with van der Waals surface area (Å²) in [6.45, 7) is 5.24. The molecular weight excluding hydrogens is 332 g/mol. The number of nitrogens with one attached hydrogen (secondary N) is 2. The Morgan fingerprint density at radius 1 is 1.08 bits per heavy atom. The minimum absolute atomic E-state index is 0.697. The maximum absolute atomic E-state index is 5.34. The van der Waals surface area contributed by atoms with Gasteiger partial charge >= 0.3 is 0 Å². The highest BCUT2D eigenvalue weighted by molar-refractivity contribution is 7.98. The molecule has 0 radical (unpaired) electrons. The molecule has 0 bridgehead atoms. The number of thioether (sulfide) groups is 1. The largest absolute Gasteiger partial charge is 0.362 e. The lowest BCUT2D eigenvalue weighted by Gasteiger charge is -2.11. The Morgan fingerprint density at radius 3 is 2.54 bits per heavy atom. The molecule has 0 saturated carbocycles. The van der Waals surface area contributed by atoms with Crippen molar-refractivity contribution < 1.29 is 0 Å². The molecule has 0 aromatic heterocycles. The number of aryl methyl sites for hydroxylation is 2. The van der Waals surface area contributed by atoms with E-state index in [4.69, 9.17) is 12.2 Å². The number of anilines is 1. The summed E-state index contributed by atoms with van der Waals surface area (Å²) in [5, 5.41) is 7.21. The van der Waals surface area contributed by atoms with Gasteiger partial charge in [0.25, 0.3) is 0 Å². The Kier molecular flexibility index (Phi) is 8.13. The standard InChI is InChI=1S/C20H26N2S2/c1-3-17-9-11-19(12-10-17)22-20(23)21-13-6-14-24-15-18-8-5-4-7-16(18)2/h4-5,7-12H,3,6,13-15H2,1-2H3,(H2,21,22,23). The molecule has 2 aromatic rings. The van der Waals surface area contributed by atoms with Crippen LogP contribution in [0.15, 0.2) is 48.5 Å². The topological polar surface area (TPSA) is 24.1 Å². The van der Waals surface area contributed by atoms with Gasteiger partial charge in [-0.05, 0) is 66.6 Å². The second kappa shape index (κ2) is 10.4. The first-order chi connectivity index (χ1) is 11.7. The first kappa shape index (κ1) is 18.8. The van der Waals surface area contributed by atoms with Gasteiger partial charge in [-0.2, -0.15) is 11.8 Å². The summed E-state index contributed by atoms with van der Waals surface area (Å²) < 4.78 is 0. The van der Waals surface area contributed by atoms with E-state index in [-0.39, 0.29) is 0 Å². The van der Waals surface area contributed by atoms with Gasteiger partial charge in [-0.15, -0.1) is 0 Å². The van der Waals surface area contributed by atoms with Crippen molar-refractivity contribution in [1.82, 2.24) is 5.32 Å². The monoisotopic (exact) mass is 358 g/mol. The van der Waals surface area contributed by atoms with E-state index < -0.39 is 0 Å². The van der Waals surface area contributed by atoms with Gasteiger partial charge in [-0.1, -0.05) is 43.3 Å². The Hall–Kier alpha value is -1.52. The smallest absolute Gasteiger partial charge is 0.170 e. The summed E-state index contributed by atoms with van der Waals surface area (Å²) in [5.74, 6) is 2.22. The Morgan fingerprint density at radius 2 is 1.83 bits per heavy atom. The Labute approximate surface area is 155 Å². The molecule has 2 aromatic carbocycles. The third kappa shape index (κ3) is 6.54. The SMILES string of the molecule is CCc1ccc(NC(=S)NCCCSCc2ccccc2C)cc1. The molecule has 0 aliphatic rings. The van der Waals surface area contributed by atoms with Crippen LogP contribution in [0.3, 0.4) is 0 Å². The second-order valence-corrected chi connectivity index (χ2v) is 7.28. The highest BCUT2D eigenvalue weighted by Gasteiger charge is 1.99. The van der Waals surface area contributed by atoms with Crippen LogP contribution >= 0.6 is 24.0 Å². The lowest BCUT2D eigenvalue weighted by Crippen LogP contribution is -2.29. The van der Waals surface area contributed by atoms with Crippen molar-refractivity contribution in [1.29, 1.82) is 0 Å². The van der Waals surface area contributed by atoms with Gasteiger partial charge in [-0.25, -0.2) is 0 Å². The fraction of sp³-hybridized carbons (Fsp3) is 0.350. The van der Waals surface area contributed by atoms with Gasteiger partial charge in [0.05, 0.1) is 0 Å². The predicted molar refractivity (Wildman–Crippen MR) is 112 cm³/mol. The molecular formula is C20H26N2S2. The van der Waals surface area contributed by atoms with Crippen LogP contribution < -0.4 is 10.6 Å². The highest BCUT2D eigenvalue weighted by atomic mass is 32.2. The molecule has 24 heavy (non-hydrogen) atoms. The van der Waals surface area contributed by atoms with E-state index in [1.54, 1.807) is 0 Å². The van der Waals surface area contributed by atoms with Crippen LogP contribution in [0.25, 0.3) is 0 Å². The fourth-order valence-corrected chi connectivity index (χ4v) is 3.59. The van der Waals surface area contributed by atoms with E-state index in [0.29, 0.717) is 5.11 Å². The molecule has 0 saturated heterocycles. The van der Waals surface area contributed by atoms with Gasteiger partial charge in [0.2, 0.25) is 0 Å². The van der Waals surface area contributed by atoms with Crippen molar-refractivity contribution in [3.8, 4) is 0 Å². The molecule has 4 heteroatoms. The zero-order valence-electron chi connectivity index (χ0n) is 14.5. The van der Waals surface area contributed by atoms with Gasteiger partial charge in [-0.3, -0.25) is 0 Å². The van der Waals surface area contributed by atoms with E-state index in [9.17, 15) is 0 Å². The van der Waals surface area contributed by atoms with Crippen LogP contribution in [0.4, 0.5) is 5.69 Å². The van der Waals surface area contributed by atoms with Crippen molar-refractivity contribution in [2.75, 3.05) is 17.6 Å². The summed E-state index contributed by atoms with van der Waals surface area (Å²) in [6.07, 6.45) is 2.16. The second-order valence-electron chi connectivity index (χ2n) is 5.76. The molecule has 2 nitrogen and oxygen atoms in total. The molecule has 0 amide bonds.